The molecule has 210 valence electrons. The molecule has 0 unspecified atom stereocenters. The number of aryl methyl sites for hydroxylation is 1. The highest BCUT2D eigenvalue weighted by Crippen LogP contribution is 2.41. The summed E-state index contributed by atoms with van der Waals surface area (Å²) in [6.45, 7) is 5.94. The molecule has 2 aromatic carbocycles. The van der Waals surface area contributed by atoms with Crippen molar-refractivity contribution in [1.29, 1.82) is 0 Å². The highest BCUT2D eigenvalue weighted by atomic mass is 32.2. The fourth-order valence-electron chi connectivity index (χ4n) is 4.99. The molecule has 5 rings (SSSR count). The third-order valence-electron chi connectivity index (χ3n) is 7.26. The molecule has 1 aromatic heterocycles. The van der Waals surface area contributed by atoms with Crippen LogP contribution in [0.1, 0.15) is 41.5 Å². The summed E-state index contributed by atoms with van der Waals surface area (Å²) in [5.74, 6) is 1.25. The van der Waals surface area contributed by atoms with E-state index in [9.17, 15) is 14.4 Å². The van der Waals surface area contributed by atoms with Crippen LogP contribution in [-0.4, -0.2) is 81.0 Å². The lowest BCUT2D eigenvalue weighted by Gasteiger charge is -2.28. The van der Waals surface area contributed by atoms with E-state index in [1.165, 1.54) is 11.3 Å². The van der Waals surface area contributed by atoms with Gasteiger partial charge in [-0.1, -0.05) is 6.07 Å². The Kier molecular flexibility index (Phi) is 8.78. The number of nitrogens with one attached hydrogen (secondary N) is 2. The summed E-state index contributed by atoms with van der Waals surface area (Å²) in [6.07, 6.45) is 2.67. The molecule has 0 bridgehead atoms. The molecule has 1 saturated heterocycles. The summed E-state index contributed by atoms with van der Waals surface area (Å²) in [5, 5.41) is 6.20. The van der Waals surface area contributed by atoms with Crippen molar-refractivity contribution in [2.45, 2.75) is 13.3 Å². The third-order valence-corrected chi connectivity index (χ3v) is 9.07. The van der Waals surface area contributed by atoms with E-state index < -0.39 is 0 Å². The second-order valence-corrected chi connectivity index (χ2v) is 12.0. The van der Waals surface area contributed by atoms with Crippen molar-refractivity contribution in [2.75, 3.05) is 63.3 Å². The van der Waals surface area contributed by atoms with Crippen LogP contribution in [0, 0.1) is 6.92 Å². The first-order valence-electron chi connectivity index (χ1n) is 13.4. The number of fused-ring (bicyclic) bond motifs is 3. The van der Waals surface area contributed by atoms with Crippen molar-refractivity contribution >= 4 is 46.5 Å². The van der Waals surface area contributed by atoms with E-state index in [-0.39, 0.29) is 17.7 Å². The van der Waals surface area contributed by atoms with Crippen LogP contribution < -0.4 is 20.3 Å². The minimum atomic E-state index is -0.125. The number of anilines is 1. The van der Waals surface area contributed by atoms with Gasteiger partial charge in [-0.05, 0) is 60.7 Å². The Labute approximate surface area is 243 Å². The maximum atomic E-state index is 13.7. The maximum Gasteiger partial charge on any atom is 0.268 e. The number of thioether (sulfide) groups is 1. The zero-order chi connectivity index (χ0) is 28.2. The van der Waals surface area contributed by atoms with Crippen LogP contribution in [-0.2, 0) is 6.42 Å². The van der Waals surface area contributed by atoms with Gasteiger partial charge in [0.15, 0.2) is 0 Å². The summed E-state index contributed by atoms with van der Waals surface area (Å²) in [5.41, 5.74) is 4.73. The molecular formula is C30H34N4O4S2. The number of nitrogens with zero attached hydrogens (tertiary/aromatic N) is 2. The number of thiophene rings is 1. The highest BCUT2D eigenvalue weighted by Gasteiger charge is 2.26. The molecule has 0 saturated carbocycles. The number of rotatable bonds is 7. The van der Waals surface area contributed by atoms with Gasteiger partial charge in [-0.25, -0.2) is 0 Å². The van der Waals surface area contributed by atoms with E-state index >= 15 is 0 Å². The van der Waals surface area contributed by atoms with Gasteiger partial charge in [0, 0.05) is 79.2 Å². The number of hydrogen-bond donors (Lipinski definition) is 2. The van der Waals surface area contributed by atoms with Crippen molar-refractivity contribution in [1.82, 2.24) is 15.5 Å². The Morgan fingerprint density at radius 1 is 1.10 bits per heavy atom. The SMILES string of the molecule is CSCCNC(=O)c1ccc2c(c1)OCCc1cc(C(=O)N(C)c3cc(C(=O)N4CCNCC4)ccc3C)sc1-2. The average Bonchev–Trinajstić information content (AvgIpc) is 3.32. The van der Waals surface area contributed by atoms with Crippen LogP contribution in [0.2, 0.25) is 0 Å². The quantitative estimate of drug-likeness (QED) is 0.411. The van der Waals surface area contributed by atoms with Crippen LogP contribution in [0.4, 0.5) is 5.69 Å². The van der Waals surface area contributed by atoms with Crippen molar-refractivity contribution in [3.63, 3.8) is 0 Å². The third kappa shape index (κ3) is 5.89. The standard InChI is InChI=1S/C30H34N4O4S2/c1-19-4-5-22(29(36)34-12-9-31-10-13-34)16-24(19)33(2)30(37)26-18-20-8-14-38-25-17-21(28(35)32-11-15-39-3)6-7-23(25)27(20)40-26/h4-7,16-18,31H,8-15H2,1-3H3,(H,32,35). The van der Waals surface area contributed by atoms with Gasteiger partial charge in [-0.3, -0.25) is 14.4 Å². The Hall–Kier alpha value is -3.34. The number of benzene rings is 2. The number of carbonyl (C=O) groups excluding carboxylic acids is 3. The van der Waals surface area contributed by atoms with Gasteiger partial charge in [0.2, 0.25) is 0 Å². The predicted molar refractivity (Wildman–Crippen MR) is 162 cm³/mol. The number of piperazine rings is 1. The number of amides is 3. The van der Waals surface area contributed by atoms with Gasteiger partial charge < -0.3 is 25.2 Å². The van der Waals surface area contributed by atoms with E-state index in [2.05, 4.69) is 10.6 Å². The van der Waals surface area contributed by atoms with Crippen molar-refractivity contribution < 1.29 is 19.1 Å². The molecule has 0 atom stereocenters. The van der Waals surface area contributed by atoms with E-state index in [1.54, 1.807) is 29.8 Å². The minimum absolute atomic E-state index is 0.0136. The minimum Gasteiger partial charge on any atom is -0.493 e. The second kappa shape index (κ2) is 12.4. The summed E-state index contributed by atoms with van der Waals surface area (Å²) in [7, 11) is 1.76. The normalized spacial score (nSPS) is 14.4. The van der Waals surface area contributed by atoms with E-state index in [1.807, 2.05) is 54.5 Å². The van der Waals surface area contributed by atoms with Crippen LogP contribution in [0.5, 0.6) is 5.75 Å². The number of carbonyl (C=O) groups is 3. The monoisotopic (exact) mass is 578 g/mol. The van der Waals surface area contributed by atoms with Gasteiger partial charge in [0.1, 0.15) is 5.75 Å². The fourth-order valence-corrected chi connectivity index (χ4v) is 6.51. The summed E-state index contributed by atoms with van der Waals surface area (Å²) >= 11 is 3.12. The Bertz CT molecular complexity index is 1430. The smallest absolute Gasteiger partial charge is 0.268 e. The van der Waals surface area contributed by atoms with Crippen molar-refractivity contribution in [2.24, 2.45) is 0 Å². The molecule has 2 aliphatic heterocycles. The molecular weight excluding hydrogens is 544 g/mol. The molecule has 0 spiro atoms. The first-order chi connectivity index (χ1) is 19.4. The average molecular weight is 579 g/mol. The molecule has 10 heteroatoms. The topological polar surface area (TPSA) is 91.0 Å². The molecule has 8 nitrogen and oxygen atoms in total. The summed E-state index contributed by atoms with van der Waals surface area (Å²) < 4.78 is 6.01. The Balaban J connectivity index is 1.38. The molecule has 3 aromatic rings. The van der Waals surface area contributed by atoms with Gasteiger partial charge in [-0.2, -0.15) is 11.8 Å². The molecule has 3 amide bonds. The lowest BCUT2D eigenvalue weighted by Crippen LogP contribution is -2.46. The van der Waals surface area contributed by atoms with E-state index in [0.717, 1.165) is 46.1 Å². The summed E-state index contributed by atoms with van der Waals surface area (Å²) in [4.78, 5) is 44.5. The number of ether oxygens (including phenoxy) is 1. The first-order valence-corrected chi connectivity index (χ1v) is 15.6. The van der Waals surface area contributed by atoms with Crippen LogP contribution >= 0.6 is 23.1 Å². The summed E-state index contributed by atoms with van der Waals surface area (Å²) in [6, 6.07) is 13.0. The van der Waals surface area contributed by atoms with Gasteiger partial charge in [0.25, 0.3) is 17.7 Å². The van der Waals surface area contributed by atoms with Crippen LogP contribution in [0.3, 0.4) is 0 Å². The predicted octanol–water partition coefficient (Wildman–Crippen LogP) is 4.07. The Morgan fingerprint density at radius 3 is 2.65 bits per heavy atom. The van der Waals surface area contributed by atoms with Gasteiger partial charge in [0.05, 0.1) is 11.5 Å². The van der Waals surface area contributed by atoms with Crippen molar-refractivity contribution in [3.05, 3.63) is 69.6 Å². The van der Waals surface area contributed by atoms with E-state index in [0.29, 0.717) is 54.4 Å². The van der Waals surface area contributed by atoms with Crippen LogP contribution in [0.15, 0.2) is 42.5 Å². The first kappa shape index (κ1) is 28.2. The second-order valence-electron chi connectivity index (χ2n) is 9.93. The van der Waals surface area contributed by atoms with Crippen LogP contribution in [0.25, 0.3) is 10.4 Å². The fraction of sp³-hybridized carbons (Fsp3) is 0.367. The van der Waals surface area contributed by atoms with Gasteiger partial charge in [-0.15, -0.1) is 11.3 Å². The lowest BCUT2D eigenvalue weighted by molar-refractivity contribution is 0.0735. The zero-order valence-electron chi connectivity index (χ0n) is 23.0. The number of hydrogen-bond acceptors (Lipinski definition) is 7. The van der Waals surface area contributed by atoms with Gasteiger partial charge >= 0.3 is 0 Å². The van der Waals surface area contributed by atoms with E-state index in [4.69, 9.17) is 4.74 Å². The molecule has 0 aliphatic carbocycles. The lowest BCUT2D eigenvalue weighted by atomic mass is 10.0. The molecule has 40 heavy (non-hydrogen) atoms. The molecule has 0 radical (unpaired) electrons. The molecule has 3 heterocycles. The largest absolute Gasteiger partial charge is 0.493 e. The highest BCUT2D eigenvalue weighted by molar-refractivity contribution is 7.98. The molecule has 2 aliphatic rings. The molecule has 2 N–H and O–H groups in total. The zero-order valence-corrected chi connectivity index (χ0v) is 24.7. The maximum absolute atomic E-state index is 13.7. The molecule has 1 fully saturated rings. The Morgan fingerprint density at radius 2 is 1.88 bits per heavy atom. The van der Waals surface area contributed by atoms with Crippen molar-refractivity contribution in [3.8, 4) is 16.2 Å².